The zero-order chi connectivity index (χ0) is 13.1. The first kappa shape index (κ1) is 13.7. The zero-order valence-electron chi connectivity index (χ0n) is 9.73. The summed E-state index contributed by atoms with van der Waals surface area (Å²) in [4.78, 5) is 5.18. The number of rotatable bonds is 3. The molecule has 0 saturated carbocycles. The topological polar surface area (TPSA) is 38.9 Å². The van der Waals surface area contributed by atoms with Crippen LogP contribution in [0.2, 0.25) is 10.0 Å². The highest BCUT2D eigenvalue weighted by molar-refractivity contribution is 7.99. The molecule has 0 bridgehead atoms. The largest absolute Gasteiger partial charge is 0.324 e. The van der Waals surface area contributed by atoms with Gasteiger partial charge in [0.25, 0.3) is 0 Å². The molecule has 0 aliphatic heterocycles. The first-order chi connectivity index (χ1) is 8.56. The van der Waals surface area contributed by atoms with Gasteiger partial charge in [-0.3, -0.25) is 0 Å². The minimum atomic E-state index is -0.0119. The maximum atomic E-state index is 6.12. The van der Waals surface area contributed by atoms with Gasteiger partial charge >= 0.3 is 0 Å². The van der Waals surface area contributed by atoms with Crippen molar-refractivity contribution in [2.45, 2.75) is 22.9 Å². The van der Waals surface area contributed by atoms with Crippen LogP contribution in [-0.2, 0) is 0 Å². The van der Waals surface area contributed by atoms with E-state index in [9.17, 15) is 0 Å². The van der Waals surface area contributed by atoms with E-state index in [0.29, 0.717) is 10.0 Å². The molecular formula is C13H12Cl2N2S. The lowest BCUT2D eigenvalue weighted by molar-refractivity contribution is 0.808. The van der Waals surface area contributed by atoms with Crippen molar-refractivity contribution < 1.29 is 0 Å². The van der Waals surface area contributed by atoms with E-state index >= 15 is 0 Å². The smallest absolute Gasteiger partial charge is 0.101 e. The van der Waals surface area contributed by atoms with Crippen LogP contribution in [-0.4, -0.2) is 4.98 Å². The Balaban J connectivity index is 2.28. The molecule has 5 heteroatoms. The van der Waals surface area contributed by atoms with E-state index in [0.717, 1.165) is 15.5 Å². The summed E-state index contributed by atoms with van der Waals surface area (Å²) < 4.78 is 0. The van der Waals surface area contributed by atoms with E-state index in [1.54, 1.807) is 18.3 Å². The second-order valence-corrected chi connectivity index (χ2v) is 5.80. The van der Waals surface area contributed by atoms with Crippen molar-refractivity contribution >= 4 is 35.0 Å². The van der Waals surface area contributed by atoms with Crippen molar-refractivity contribution in [2.75, 3.05) is 0 Å². The van der Waals surface area contributed by atoms with E-state index in [1.165, 1.54) is 11.8 Å². The molecule has 1 heterocycles. The molecular weight excluding hydrogens is 287 g/mol. The normalized spacial score (nSPS) is 12.4. The maximum Gasteiger partial charge on any atom is 0.101 e. The number of halogens is 2. The molecule has 1 aromatic carbocycles. The van der Waals surface area contributed by atoms with Gasteiger partial charge < -0.3 is 5.73 Å². The fraction of sp³-hybridized carbons (Fsp3) is 0.154. The molecule has 1 aromatic heterocycles. The highest BCUT2D eigenvalue weighted by Gasteiger charge is 2.07. The fourth-order valence-electron chi connectivity index (χ4n) is 1.43. The third-order valence-electron chi connectivity index (χ3n) is 2.39. The van der Waals surface area contributed by atoms with Gasteiger partial charge in [0.1, 0.15) is 5.03 Å². The highest BCUT2D eigenvalue weighted by atomic mass is 35.5. The molecule has 2 rings (SSSR count). The van der Waals surface area contributed by atoms with Gasteiger partial charge in [-0.1, -0.05) is 35.0 Å². The van der Waals surface area contributed by atoms with Gasteiger partial charge in [0.05, 0.1) is 5.02 Å². The summed E-state index contributed by atoms with van der Waals surface area (Å²) in [7, 11) is 0. The summed E-state index contributed by atoms with van der Waals surface area (Å²) in [5.41, 5.74) is 6.89. The molecule has 0 fully saturated rings. The molecule has 0 aliphatic carbocycles. The lowest BCUT2D eigenvalue weighted by Crippen LogP contribution is -2.04. The van der Waals surface area contributed by atoms with Crippen LogP contribution < -0.4 is 5.73 Å². The summed E-state index contributed by atoms with van der Waals surface area (Å²) in [6, 6.07) is 9.24. The van der Waals surface area contributed by atoms with Crippen molar-refractivity contribution in [3.05, 3.63) is 52.1 Å². The fourth-order valence-corrected chi connectivity index (χ4v) is 2.79. The number of pyridine rings is 1. The minimum Gasteiger partial charge on any atom is -0.324 e. The number of nitrogens with two attached hydrogens (primary N) is 1. The van der Waals surface area contributed by atoms with Gasteiger partial charge in [-0.15, -0.1) is 0 Å². The quantitative estimate of drug-likeness (QED) is 0.903. The number of hydrogen-bond donors (Lipinski definition) is 1. The van der Waals surface area contributed by atoms with Gasteiger partial charge in [-0.25, -0.2) is 4.98 Å². The van der Waals surface area contributed by atoms with Crippen LogP contribution in [0.5, 0.6) is 0 Å². The summed E-state index contributed by atoms with van der Waals surface area (Å²) in [5.74, 6) is 0. The average molecular weight is 299 g/mol. The second kappa shape index (κ2) is 5.93. The van der Waals surface area contributed by atoms with Crippen LogP contribution in [0.3, 0.4) is 0 Å². The standard InChI is InChI=1S/C13H12Cl2N2S/c1-8(16)9-4-5-17-13(6-9)18-12-7-10(14)2-3-11(12)15/h2-8H,16H2,1H3/t8-/m0/s1. The van der Waals surface area contributed by atoms with Gasteiger partial charge in [0, 0.05) is 22.2 Å². The summed E-state index contributed by atoms with van der Waals surface area (Å²) in [6.45, 7) is 1.94. The Hall–Kier alpha value is -0.740. The molecule has 0 amide bonds. The molecule has 2 nitrogen and oxygen atoms in total. The Bertz CT molecular complexity index is 558. The molecule has 2 aromatic rings. The molecule has 0 unspecified atom stereocenters. The molecule has 2 N–H and O–H groups in total. The Morgan fingerprint density at radius 2 is 2.00 bits per heavy atom. The Morgan fingerprint density at radius 3 is 2.72 bits per heavy atom. The third-order valence-corrected chi connectivity index (χ3v) is 4.06. The third kappa shape index (κ3) is 3.39. The van der Waals surface area contributed by atoms with Gasteiger partial charge in [0.2, 0.25) is 0 Å². The van der Waals surface area contributed by atoms with Crippen LogP contribution >= 0.6 is 35.0 Å². The molecule has 1 atom stereocenters. The van der Waals surface area contributed by atoms with Crippen LogP contribution in [0, 0.1) is 0 Å². The van der Waals surface area contributed by atoms with Crippen molar-refractivity contribution in [1.29, 1.82) is 0 Å². The van der Waals surface area contributed by atoms with Gasteiger partial charge in [-0.05, 0) is 42.8 Å². The number of hydrogen-bond acceptors (Lipinski definition) is 3. The number of benzene rings is 1. The molecule has 18 heavy (non-hydrogen) atoms. The van der Waals surface area contributed by atoms with Crippen LogP contribution in [0.25, 0.3) is 0 Å². The summed E-state index contributed by atoms with van der Waals surface area (Å²) in [5, 5.41) is 2.18. The van der Waals surface area contributed by atoms with Crippen LogP contribution in [0.1, 0.15) is 18.5 Å². The Morgan fingerprint density at radius 1 is 1.22 bits per heavy atom. The van der Waals surface area contributed by atoms with Crippen molar-refractivity contribution in [1.82, 2.24) is 4.98 Å². The van der Waals surface area contributed by atoms with E-state index in [2.05, 4.69) is 4.98 Å². The van der Waals surface area contributed by atoms with E-state index in [1.807, 2.05) is 25.1 Å². The average Bonchev–Trinajstić information content (AvgIpc) is 2.34. The lowest BCUT2D eigenvalue weighted by atomic mass is 10.1. The van der Waals surface area contributed by atoms with E-state index < -0.39 is 0 Å². The SMILES string of the molecule is C[C@H](N)c1ccnc(Sc2cc(Cl)ccc2Cl)c1. The van der Waals surface area contributed by atoms with Crippen molar-refractivity contribution in [3.63, 3.8) is 0 Å². The molecule has 0 spiro atoms. The predicted octanol–water partition coefficient (Wildman–Crippen LogP) is 4.56. The number of nitrogens with zero attached hydrogens (tertiary/aromatic N) is 1. The molecule has 0 aliphatic rings. The van der Waals surface area contributed by atoms with Gasteiger partial charge in [-0.2, -0.15) is 0 Å². The Kier molecular flexibility index (Phi) is 4.51. The second-order valence-electron chi connectivity index (χ2n) is 3.89. The lowest BCUT2D eigenvalue weighted by Gasteiger charge is -2.08. The molecule has 94 valence electrons. The van der Waals surface area contributed by atoms with E-state index in [-0.39, 0.29) is 6.04 Å². The maximum absolute atomic E-state index is 6.12. The summed E-state index contributed by atoms with van der Waals surface area (Å²) >= 11 is 13.5. The molecule has 0 saturated heterocycles. The molecule has 0 radical (unpaired) electrons. The predicted molar refractivity (Wildman–Crippen MR) is 77.4 cm³/mol. The van der Waals surface area contributed by atoms with Crippen molar-refractivity contribution in [2.24, 2.45) is 5.73 Å². The first-order valence-electron chi connectivity index (χ1n) is 5.40. The summed E-state index contributed by atoms with van der Waals surface area (Å²) in [6.07, 6.45) is 1.75. The van der Waals surface area contributed by atoms with Crippen LogP contribution in [0.4, 0.5) is 0 Å². The monoisotopic (exact) mass is 298 g/mol. The number of aromatic nitrogens is 1. The van der Waals surface area contributed by atoms with Crippen LogP contribution in [0.15, 0.2) is 46.5 Å². The minimum absolute atomic E-state index is 0.0119. The Labute approximate surface area is 121 Å². The highest BCUT2D eigenvalue weighted by Crippen LogP contribution is 2.34. The van der Waals surface area contributed by atoms with Crippen molar-refractivity contribution in [3.8, 4) is 0 Å². The first-order valence-corrected chi connectivity index (χ1v) is 6.98. The van der Waals surface area contributed by atoms with Gasteiger partial charge in [0.15, 0.2) is 0 Å². The van der Waals surface area contributed by atoms with E-state index in [4.69, 9.17) is 28.9 Å². The zero-order valence-corrected chi connectivity index (χ0v) is 12.1.